The molecule has 0 fully saturated rings. The molecule has 1 aliphatic carbocycles. The van der Waals surface area contributed by atoms with Gasteiger partial charge in [-0.25, -0.2) is 4.68 Å². The molecular weight excluding hydrogens is 426 g/mol. The summed E-state index contributed by atoms with van der Waals surface area (Å²) in [5, 5.41) is 20.3. The lowest BCUT2D eigenvalue weighted by Gasteiger charge is -2.31. The van der Waals surface area contributed by atoms with Gasteiger partial charge >= 0.3 is 0 Å². The lowest BCUT2D eigenvalue weighted by Crippen LogP contribution is -2.31. The average Bonchev–Trinajstić information content (AvgIpc) is 3.20. The lowest BCUT2D eigenvalue weighted by molar-refractivity contribution is -0.385. The van der Waals surface area contributed by atoms with Gasteiger partial charge in [-0.2, -0.15) is 4.98 Å². The van der Waals surface area contributed by atoms with E-state index in [2.05, 4.69) is 34.5 Å². The molecule has 0 radical (unpaired) electrons. The molecule has 0 saturated carbocycles. The Hall–Kier alpha value is -3.46. The van der Waals surface area contributed by atoms with Crippen molar-refractivity contribution in [2.24, 2.45) is 0 Å². The van der Waals surface area contributed by atoms with Crippen LogP contribution in [-0.2, 0) is 10.5 Å². The quantitative estimate of drug-likeness (QED) is 0.340. The van der Waals surface area contributed by atoms with Gasteiger partial charge in [-0.1, -0.05) is 48.2 Å². The van der Waals surface area contributed by atoms with Crippen molar-refractivity contribution in [3.8, 4) is 0 Å². The molecule has 2 aliphatic rings. The van der Waals surface area contributed by atoms with Crippen LogP contribution in [0, 0.1) is 17.0 Å². The van der Waals surface area contributed by atoms with Crippen molar-refractivity contribution in [3.05, 3.63) is 86.6 Å². The number of hydrogen-bond acceptors (Lipinski definition) is 7. The molecule has 1 atom stereocenters. The number of para-hydroxylation sites is 1. The summed E-state index contributed by atoms with van der Waals surface area (Å²) in [4.78, 5) is 28.9. The van der Waals surface area contributed by atoms with E-state index in [0.29, 0.717) is 40.8 Å². The van der Waals surface area contributed by atoms with E-state index in [1.807, 2.05) is 12.1 Å². The van der Waals surface area contributed by atoms with Crippen LogP contribution in [0.1, 0.15) is 42.0 Å². The van der Waals surface area contributed by atoms with Crippen LogP contribution in [0.3, 0.4) is 0 Å². The maximum absolute atomic E-state index is 12.9. The molecule has 3 aromatic rings. The number of allylic oxidation sites excluding steroid dienone is 2. The van der Waals surface area contributed by atoms with E-state index in [-0.39, 0.29) is 11.5 Å². The van der Waals surface area contributed by atoms with Gasteiger partial charge in [0.1, 0.15) is 6.04 Å². The van der Waals surface area contributed by atoms with Gasteiger partial charge in [0, 0.05) is 29.5 Å². The number of nitrogens with one attached hydrogen (secondary N) is 1. The second-order valence-electron chi connectivity index (χ2n) is 7.89. The third kappa shape index (κ3) is 3.58. The maximum atomic E-state index is 12.9. The Morgan fingerprint density at radius 2 is 1.97 bits per heavy atom. The number of nitro groups is 1. The maximum Gasteiger partial charge on any atom is 0.275 e. The van der Waals surface area contributed by atoms with E-state index in [1.54, 1.807) is 22.9 Å². The number of carbonyl (C=O) groups excluding carboxylic acids is 1. The van der Waals surface area contributed by atoms with Gasteiger partial charge in [-0.3, -0.25) is 14.9 Å². The molecule has 0 amide bonds. The van der Waals surface area contributed by atoms with Crippen molar-refractivity contribution in [1.29, 1.82) is 0 Å². The second-order valence-corrected chi connectivity index (χ2v) is 8.83. The van der Waals surface area contributed by atoms with Crippen molar-refractivity contribution in [2.45, 2.75) is 43.1 Å². The smallest absolute Gasteiger partial charge is 0.275 e. The number of aryl methyl sites for hydroxylation is 1. The number of aromatic nitrogens is 3. The van der Waals surface area contributed by atoms with Crippen LogP contribution in [0.2, 0.25) is 0 Å². The number of nitrogens with zero attached hydrogens (tertiary/aromatic N) is 4. The van der Waals surface area contributed by atoms with E-state index in [4.69, 9.17) is 0 Å². The van der Waals surface area contributed by atoms with Gasteiger partial charge in [-0.15, -0.1) is 5.10 Å². The van der Waals surface area contributed by atoms with Crippen LogP contribution in [0.25, 0.3) is 0 Å². The van der Waals surface area contributed by atoms with Gasteiger partial charge in [0.2, 0.25) is 11.1 Å². The summed E-state index contributed by atoms with van der Waals surface area (Å²) < 4.78 is 1.63. The fourth-order valence-electron chi connectivity index (χ4n) is 4.28. The fourth-order valence-corrected chi connectivity index (χ4v) is 5.19. The Labute approximate surface area is 188 Å². The van der Waals surface area contributed by atoms with E-state index in [0.717, 1.165) is 12.1 Å². The number of fused-ring (bicyclic) bond motifs is 1. The zero-order valence-corrected chi connectivity index (χ0v) is 18.3. The monoisotopic (exact) mass is 447 g/mol. The van der Waals surface area contributed by atoms with Crippen molar-refractivity contribution in [2.75, 3.05) is 5.32 Å². The minimum atomic E-state index is -0.670. The summed E-state index contributed by atoms with van der Waals surface area (Å²) in [5.74, 6) is 1.21. The number of benzene rings is 2. The van der Waals surface area contributed by atoms with Crippen LogP contribution >= 0.6 is 11.8 Å². The van der Waals surface area contributed by atoms with E-state index in [9.17, 15) is 14.9 Å². The highest BCUT2D eigenvalue weighted by atomic mass is 32.2. The first kappa shape index (κ1) is 20.4. The highest BCUT2D eigenvalue weighted by Crippen LogP contribution is 2.43. The topological polar surface area (TPSA) is 103 Å². The molecule has 8 nitrogen and oxygen atoms in total. The predicted octanol–water partition coefficient (Wildman–Crippen LogP) is 4.81. The minimum absolute atomic E-state index is 0.00263. The van der Waals surface area contributed by atoms with Crippen LogP contribution < -0.4 is 5.32 Å². The summed E-state index contributed by atoms with van der Waals surface area (Å²) >= 11 is 1.50. The Bertz CT molecular complexity index is 1270. The third-order valence-corrected chi connectivity index (χ3v) is 6.78. The Morgan fingerprint density at radius 1 is 1.19 bits per heavy atom. The molecule has 0 spiro atoms. The largest absolute Gasteiger partial charge is 0.328 e. The van der Waals surface area contributed by atoms with Crippen LogP contribution in [0.5, 0.6) is 0 Å². The van der Waals surface area contributed by atoms with Crippen molar-refractivity contribution in [3.63, 3.8) is 0 Å². The number of anilines is 1. The lowest BCUT2D eigenvalue weighted by atomic mass is 9.85. The molecule has 2 aromatic carbocycles. The van der Waals surface area contributed by atoms with Crippen LogP contribution in [0.4, 0.5) is 11.6 Å². The summed E-state index contributed by atoms with van der Waals surface area (Å²) in [6.45, 7) is 2.07. The first-order valence-corrected chi connectivity index (χ1v) is 11.4. The number of nitro benzene ring substituents is 1. The van der Waals surface area contributed by atoms with E-state index < -0.39 is 11.0 Å². The van der Waals surface area contributed by atoms with Gasteiger partial charge in [0.05, 0.1) is 10.5 Å². The Morgan fingerprint density at radius 3 is 2.78 bits per heavy atom. The molecule has 1 unspecified atom stereocenters. The van der Waals surface area contributed by atoms with Gasteiger partial charge in [0.15, 0.2) is 5.78 Å². The van der Waals surface area contributed by atoms with Crippen molar-refractivity contribution < 1.29 is 9.72 Å². The number of hydrogen-bond donors (Lipinski definition) is 1. The van der Waals surface area contributed by atoms with E-state index in [1.165, 1.54) is 29.0 Å². The fraction of sp³-hybridized carbons (Fsp3) is 0.261. The van der Waals surface area contributed by atoms with Gasteiger partial charge in [0.25, 0.3) is 5.69 Å². The number of thioether (sulfide) groups is 1. The number of carbonyl (C=O) groups is 1. The molecular formula is C23H21N5O3S. The normalized spacial score (nSPS) is 17.5. The first-order valence-electron chi connectivity index (χ1n) is 10.4. The third-order valence-electron chi connectivity index (χ3n) is 5.89. The molecule has 162 valence electrons. The van der Waals surface area contributed by atoms with E-state index >= 15 is 0 Å². The van der Waals surface area contributed by atoms with Crippen LogP contribution in [0.15, 0.2) is 65.0 Å². The molecule has 2 heterocycles. The molecule has 32 heavy (non-hydrogen) atoms. The zero-order valence-electron chi connectivity index (χ0n) is 17.4. The molecule has 5 rings (SSSR count). The molecule has 1 aromatic heterocycles. The first-order chi connectivity index (χ1) is 15.5. The number of rotatable bonds is 5. The summed E-state index contributed by atoms with van der Waals surface area (Å²) in [5.41, 5.74) is 4.16. The molecule has 1 N–H and O–H groups in total. The van der Waals surface area contributed by atoms with Crippen LogP contribution in [-0.4, -0.2) is 25.5 Å². The summed E-state index contributed by atoms with van der Waals surface area (Å²) in [6, 6.07) is 14.0. The Kier molecular flexibility index (Phi) is 5.26. The highest BCUT2D eigenvalue weighted by Gasteiger charge is 2.39. The predicted molar refractivity (Wildman–Crippen MR) is 122 cm³/mol. The highest BCUT2D eigenvalue weighted by molar-refractivity contribution is 7.98. The van der Waals surface area contributed by atoms with Gasteiger partial charge in [-0.05, 0) is 37.0 Å². The van der Waals surface area contributed by atoms with Crippen molar-refractivity contribution in [1.82, 2.24) is 14.8 Å². The van der Waals surface area contributed by atoms with Gasteiger partial charge < -0.3 is 5.32 Å². The SMILES string of the molecule is Cc1ccccc1CSc1nc2n(n1)C(c1ccccc1[N+](=O)[O-])C1=C(CCCC1=O)N2. The van der Waals surface area contributed by atoms with Crippen molar-refractivity contribution >= 4 is 29.2 Å². The minimum Gasteiger partial charge on any atom is -0.328 e. The number of Topliss-reactive ketones (excluding diaryl/α,β-unsaturated/α-hetero) is 1. The Balaban J connectivity index is 1.57. The zero-order chi connectivity index (χ0) is 22.2. The summed E-state index contributed by atoms with van der Waals surface area (Å²) in [6.07, 6.45) is 1.88. The number of ketones is 1. The summed E-state index contributed by atoms with van der Waals surface area (Å²) in [7, 11) is 0. The molecule has 9 heteroatoms. The standard InChI is InChI=1S/C23H21N5O3S/c1-14-7-2-3-8-15(14)13-32-23-25-22-24-17-10-6-12-19(29)20(17)21(27(22)26-23)16-9-4-5-11-18(16)28(30)31/h2-5,7-9,11,21H,6,10,12-13H2,1H3,(H,24,25,26). The molecule has 0 saturated heterocycles. The molecule has 1 aliphatic heterocycles. The average molecular weight is 448 g/mol. The second kappa shape index (κ2) is 8.23. The molecule has 0 bridgehead atoms.